The van der Waals surface area contributed by atoms with Gasteiger partial charge in [0.1, 0.15) is 27.6 Å². The van der Waals surface area contributed by atoms with Crippen molar-refractivity contribution in [1.29, 1.82) is 5.26 Å². The SMILES string of the molecule is N#Cc1cc(F)c2nc(C3(O)CC4CC(OCc5c(-c6c(Cl)cccc6Cl)noc5C5CC5)C[C@H]4C3)sc2c1. The number of halogens is 3. The summed E-state index contributed by atoms with van der Waals surface area (Å²) in [4.78, 5) is 4.46. The number of hydrogen-bond acceptors (Lipinski definition) is 7. The van der Waals surface area contributed by atoms with Gasteiger partial charge >= 0.3 is 0 Å². The van der Waals surface area contributed by atoms with E-state index in [4.69, 9.17) is 37.7 Å². The first-order valence-corrected chi connectivity index (χ1v) is 14.7. The summed E-state index contributed by atoms with van der Waals surface area (Å²) in [5.74, 6) is 1.26. The minimum Gasteiger partial charge on any atom is -0.383 e. The summed E-state index contributed by atoms with van der Waals surface area (Å²) in [6.45, 7) is 0.360. The van der Waals surface area contributed by atoms with Gasteiger partial charge in [0.25, 0.3) is 0 Å². The molecule has 4 aromatic rings. The highest BCUT2D eigenvalue weighted by Gasteiger charge is 2.51. The third-order valence-electron chi connectivity index (χ3n) is 8.40. The third-order valence-corrected chi connectivity index (χ3v) is 10.2. The summed E-state index contributed by atoms with van der Waals surface area (Å²) in [6.07, 6.45) is 4.96. The number of thiazole rings is 1. The summed E-state index contributed by atoms with van der Waals surface area (Å²) in [5, 5.41) is 26.6. The molecule has 39 heavy (non-hydrogen) atoms. The Kier molecular flexibility index (Phi) is 6.22. The van der Waals surface area contributed by atoms with Gasteiger partial charge in [-0.25, -0.2) is 9.37 Å². The quantitative estimate of drug-likeness (QED) is 0.249. The first-order valence-electron chi connectivity index (χ1n) is 13.1. The highest BCUT2D eigenvalue weighted by molar-refractivity contribution is 7.18. The molecule has 200 valence electrons. The van der Waals surface area contributed by atoms with Crippen LogP contribution in [0.25, 0.3) is 21.5 Å². The first kappa shape index (κ1) is 25.4. The lowest BCUT2D eigenvalue weighted by Gasteiger charge is -2.22. The van der Waals surface area contributed by atoms with E-state index in [0.717, 1.165) is 37.0 Å². The number of ether oxygens (including phenoxy) is 1. The van der Waals surface area contributed by atoms with Gasteiger partial charge in [-0.05, 0) is 74.6 Å². The van der Waals surface area contributed by atoms with Gasteiger partial charge in [-0.2, -0.15) is 5.26 Å². The van der Waals surface area contributed by atoms with Crippen LogP contribution in [0.15, 0.2) is 34.9 Å². The molecule has 3 fully saturated rings. The van der Waals surface area contributed by atoms with Gasteiger partial charge in [-0.1, -0.05) is 34.4 Å². The summed E-state index contributed by atoms with van der Waals surface area (Å²) < 4.78 is 27.3. The summed E-state index contributed by atoms with van der Waals surface area (Å²) >= 11 is 14.3. The number of rotatable bonds is 6. The standard InChI is InChI=1S/C29H24Cl2FN3O3S/c30-20-2-1-3-21(31)24(20)25-19(27(38-35-25)15-4-5-15)13-37-18-8-16-10-29(36,11-17(16)9-18)28-34-26-22(32)6-14(12-33)7-23(26)39-28/h1-3,6-7,15-18,36H,4-5,8-11,13H2/t16-,17?,18?,29?/m0/s1. The number of fused-ring (bicyclic) bond motifs is 2. The van der Waals surface area contributed by atoms with E-state index < -0.39 is 11.4 Å². The van der Waals surface area contributed by atoms with Gasteiger partial charge in [0, 0.05) is 17.0 Å². The Bertz CT molecular complexity index is 1610. The van der Waals surface area contributed by atoms with Crippen molar-refractivity contribution >= 4 is 44.8 Å². The average Bonchev–Trinajstić information content (AvgIpc) is 3.20. The molecule has 3 aliphatic carbocycles. The maximum absolute atomic E-state index is 14.5. The molecule has 2 aromatic carbocycles. The maximum Gasteiger partial charge on any atom is 0.151 e. The van der Waals surface area contributed by atoms with E-state index in [-0.39, 0.29) is 29.0 Å². The van der Waals surface area contributed by atoms with Crippen LogP contribution < -0.4 is 0 Å². The zero-order chi connectivity index (χ0) is 26.9. The number of benzene rings is 2. The van der Waals surface area contributed by atoms with Crippen LogP contribution in [-0.4, -0.2) is 21.4 Å². The third kappa shape index (κ3) is 4.45. The summed E-state index contributed by atoms with van der Waals surface area (Å²) in [5.41, 5.74) is 1.60. The van der Waals surface area contributed by atoms with Gasteiger partial charge in [-0.15, -0.1) is 11.3 Å². The molecule has 4 atom stereocenters. The van der Waals surface area contributed by atoms with Crippen molar-refractivity contribution in [3.63, 3.8) is 0 Å². The van der Waals surface area contributed by atoms with Gasteiger partial charge in [0.05, 0.1) is 39.1 Å². The average molecular weight is 585 g/mol. The molecule has 3 unspecified atom stereocenters. The van der Waals surface area contributed by atoms with Crippen molar-refractivity contribution in [2.45, 2.75) is 62.8 Å². The Balaban J connectivity index is 1.07. The lowest BCUT2D eigenvalue weighted by Crippen LogP contribution is -2.23. The molecule has 2 aromatic heterocycles. The molecular formula is C29H24Cl2FN3O3S. The van der Waals surface area contributed by atoms with E-state index in [1.54, 1.807) is 24.3 Å². The lowest BCUT2D eigenvalue weighted by atomic mass is 9.98. The Morgan fingerprint density at radius 1 is 1.18 bits per heavy atom. The predicted molar refractivity (Wildman–Crippen MR) is 146 cm³/mol. The van der Waals surface area contributed by atoms with Crippen molar-refractivity contribution in [3.05, 3.63) is 68.1 Å². The summed E-state index contributed by atoms with van der Waals surface area (Å²) in [7, 11) is 0. The van der Waals surface area contributed by atoms with E-state index >= 15 is 0 Å². The van der Waals surface area contributed by atoms with E-state index in [9.17, 15) is 9.50 Å². The van der Waals surface area contributed by atoms with Crippen molar-refractivity contribution in [1.82, 2.24) is 10.1 Å². The number of aliphatic hydroxyl groups is 1. The van der Waals surface area contributed by atoms with Gasteiger partial charge in [0.2, 0.25) is 0 Å². The normalized spacial score (nSPS) is 26.3. The second-order valence-corrected chi connectivity index (χ2v) is 12.9. The number of nitriles is 1. The van der Waals surface area contributed by atoms with E-state index in [1.807, 2.05) is 6.07 Å². The first-order chi connectivity index (χ1) is 18.8. The van der Waals surface area contributed by atoms with Crippen LogP contribution >= 0.6 is 34.5 Å². The molecule has 7 rings (SSSR count). The zero-order valence-corrected chi connectivity index (χ0v) is 23.1. The Morgan fingerprint density at radius 3 is 2.56 bits per heavy atom. The molecular weight excluding hydrogens is 560 g/mol. The number of hydrogen-bond donors (Lipinski definition) is 1. The fourth-order valence-corrected chi connectivity index (χ4v) is 8.12. The minimum absolute atomic E-state index is 0.0482. The van der Waals surface area contributed by atoms with E-state index in [0.29, 0.717) is 56.4 Å². The minimum atomic E-state index is -1.09. The van der Waals surface area contributed by atoms with Gasteiger partial charge in [0.15, 0.2) is 5.82 Å². The molecule has 0 saturated heterocycles. The lowest BCUT2D eigenvalue weighted by molar-refractivity contribution is 0.00958. The largest absolute Gasteiger partial charge is 0.383 e. The van der Waals surface area contributed by atoms with Crippen LogP contribution in [0.5, 0.6) is 0 Å². The molecule has 0 bridgehead atoms. The van der Waals surface area contributed by atoms with E-state index in [2.05, 4.69) is 10.1 Å². The van der Waals surface area contributed by atoms with Crippen molar-refractivity contribution in [2.75, 3.05) is 0 Å². The second-order valence-electron chi connectivity index (χ2n) is 11.0. The zero-order valence-electron chi connectivity index (χ0n) is 20.8. The van der Waals surface area contributed by atoms with Crippen LogP contribution in [0.3, 0.4) is 0 Å². The molecule has 2 heterocycles. The fourth-order valence-electron chi connectivity index (χ4n) is 6.42. The monoisotopic (exact) mass is 583 g/mol. The molecule has 10 heteroatoms. The fraction of sp³-hybridized carbons (Fsp3) is 0.414. The molecule has 0 radical (unpaired) electrons. The van der Waals surface area contributed by atoms with Crippen LogP contribution in [0.1, 0.15) is 66.3 Å². The molecule has 3 aliphatic rings. The molecule has 0 spiro atoms. The van der Waals surface area contributed by atoms with Crippen molar-refractivity contribution in [3.8, 4) is 17.3 Å². The second kappa shape index (κ2) is 9.53. The molecule has 0 amide bonds. The van der Waals surface area contributed by atoms with Gasteiger partial charge < -0.3 is 14.4 Å². The van der Waals surface area contributed by atoms with Gasteiger partial charge in [-0.3, -0.25) is 0 Å². The maximum atomic E-state index is 14.5. The Morgan fingerprint density at radius 2 is 1.90 bits per heavy atom. The van der Waals surface area contributed by atoms with Crippen molar-refractivity contribution < 1.29 is 18.8 Å². The topological polar surface area (TPSA) is 92.2 Å². The smallest absolute Gasteiger partial charge is 0.151 e. The Hall–Kier alpha value is -2.54. The molecule has 0 aliphatic heterocycles. The van der Waals surface area contributed by atoms with Crippen LogP contribution in [0.4, 0.5) is 4.39 Å². The van der Waals surface area contributed by atoms with Crippen molar-refractivity contribution in [2.24, 2.45) is 11.8 Å². The predicted octanol–water partition coefficient (Wildman–Crippen LogP) is 7.74. The molecule has 3 saturated carbocycles. The highest BCUT2D eigenvalue weighted by atomic mass is 35.5. The van der Waals surface area contributed by atoms with Crippen LogP contribution in [-0.2, 0) is 16.9 Å². The highest BCUT2D eigenvalue weighted by Crippen LogP contribution is 2.55. The number of nitrogens with zero attached hydrogens (tertiary/aromatic N) is 3. The van der Waals surface area contributed by atoms with Crippen LogP contribution in [0.2, 0.25) is 10.0 Å². The Labute approximate surface area is 238 Å². The number of aromatic nitrogens is 2. The summed E-state index contributed by atoms with van der Waals surface area (Å²) in [6, 6.07) is 10.2. The van der Waals surface area contributed by atoms with E-state index in [1.165, 1.54) is 17.4 Å². The molecule has 1 N–H and O–H groups in total. The molecule has 6 nitrogen and oxygen atoms in total. The van der Waals surface area contributed by atoms with Crippen LogP contribution in [0, 0.1) is 29.0 Å².